The van der Waals surface area contributed by atoms with Crippen LogP contribution in [0, 0.1) is 5.82 Å². The van der Waals surface area contributed by atoms with Gasteiger partial charge in [0.15, 0.2) is 0 Å². The van der Waals surface area contributed by atoms with Crippen molar-refractivity contribution in [2.24, 2.45) is 0 Å². The zero-order valence-corrected chi connectivity index (χ0v) is 10.2. The Morgan fingerprint density at radius 3 is 2.53 bits per heavy atom. The fourth-order valence-corrected chi connectivity index (χ4v) is 2.42. The highest BCUT2D eigenvalue weighted by Crippen LogP contribution is 2.43. The molecule has 19 heavy (non-hydrogen) atoms. The van der Waals surface area contributed by atoms with Crippen molar-refractivity contribution in [1.82, 2.24) is 9.97 Å². The molecule has 0 unspecified atom stereocenters. The lowest BCUT2D eigenvalue weighted by Crippen LogP contribution is -2.43. The Hall–Kier alpha value is -2.17. The number of benzene rings is 1. The first kappa shape index (κ1) is 11.9. The predicted molar refractivity (Wildman–Crippen MR) is 67.1 cm³/mol. The predicted octanol–water partition coefficient (Wildman–Crippen LogP) is 2.72. The molecule has 2 aromatic rings. The third kappa shape index (κ3) is 1.82. The van der Waals surface area contributed by atoms with Gasteiger partial charge in [-0.05, 0) is 42.7 Å². The van der Waals surface area contributed by atoms with E-state index >= 15 is 0 Å². The van der Waals surface area contributed by atoms with E-state index in [1.165, 1.54) is 12.1 Å². The van der Waals surface area contributed by atoms with E-state index < -0.39 is 11.4 Å². The van der Waals surface area contributed by atoms with Gasteiger partial charge in [0.05, 0.1) is 11.9 Å². The van der Waals surface area contributed by atoms with Crippen LogP contribution < -0.4 is 0 Å². The fraction of sp³-hybridized carbons (Fsp3) is 0.286. The smallest absolute Gasteiger partial charge is 0.317 e. The summed E-state index contributed by atoms with van der Waals surface area (Å²) in [5.41, 5.74) is 0.640. The molecule has 0 amide bonds. The standard InChI is InChI=1S/C14H13FN2O2/c15-10-4-2-9(3-5-10)11-8-16-12(17-11)14(13(18)19)6-1-7-14/h2-5,8H,1,6-7H2,(H,16,17)(H,18,19). The number of nitrogens with one attached hydrogen (secondary N) is 1. The molecule has 3 rings (SSSR count). The molecule has 1 aromatic carbocycles. The van der Waals surface area contributed by atoms with E-state index in [1.807, 2.05) is 0 Å². The van der Waals surface area contributed by atoms with E-state index in [0.29, 0.717) is 24.4 Å². The molecule has 1 aromatic heterocycles. The van der Waals surface area contributed by atoms with Gasteiger partial charge in [-0.3, -0.25) is 4.79 Å². The molecule has 0 atom stereocenters. The number of carboxylic acids is 1. The Bertz CT molecular complexity index is 615. The lowest BCUT2D eigenvalue weighted by Gasteiger charge is -2.35. The van der Waals surface area contributed by atoms with Crippen molar-refractivity contribution >= 4 is 5.97 Å². The van der Waals surface area contributed by atoms with Crippen LogP contribution in [0.5, 0.6) is 0 Å². The van der Waals surface area contributed by atoms with Gasteiger partial charge in [0.1, 0.15) is 17.1 Å². The monoisotopic (exact) mass is 260 g/mol. The number of aromatic nitrogens is 2. The minimum Gasteiger partial charge on any atom is -0.480 e. The van der Waals surface area contributed by atoms with Gasteiger partial charge in [-0.1, -0.05) is 6.42 Å². The second-order valence-corrected chi connectivity index (χ2v) is 4.89. The number of imidazole rings is 1. The Labute approximate surface area is 109 Å². The summed E-state index contributed by atoms with van der Waals surface area (Å²) in [5, 5.41) is 9.34. The molecule has 0 spiro atoms. The molecular formula is C14H13FN2O2. The molecule has 4 nitrogen and oxygen atoms in total. The van der Waals surface area contributed by atoms with Crippen molar-refractivity contribution in [3.8, 4) is 11.3 Å². The van der Waals surface area contributed by atoms with Crippen LogP contribution in [0.15, 0.2) is 30.5 Å². The number of rotatable bonds is 3. The first-order valence-corrected chi connectivity index (χ1v) is 6.17. The van der Waals surface area contributed by atoms with E-state index in [1.54, 1.807) is 18.3 Å². The van der Waals surface area contributed by atoms with Gasteiger partial charge in [-0.25, -0.2) is 9.37 Å². The van der Waals surface area contributed by atoms with Gasteiger partial charge in [-0.2, -0.15) is 0 Å². The number of H-pyrrole nitrogens is 1. The van der Waals surface area contributed by atoms with Crippen LogP contribution in [-0.2, 0) is 10.2 Å². The molecule has 0 saturated heterocycles. The highest BCUT2D eigenvalue weighted by atomic mass is 19.1. The van der Waals surface area contributed by atoms with Crippen LogP contribution >= 0.6 is 0 Å². The summed E-state index contributed by atoms with van der Waals surface area (Å²) in [6, 6.07) is 6.01. The quantitative estimate of drug-likeness (QED) is 0.891. The van der Waals surface area contributed by atoms with Gasteiger partial charge < -0.3 is 10.1 Å². The summed E-state index contributed by atoms with van der Waals surface area (Å²) in [6.07, 6.45) is 3.72. The Morgan fingerprint density at radius 2 is 2.00 bits per heavy atom. The molecule has 1 fully saturated rings. The summed E-state index contributed by atoms with van der Waals surface area (Å²) < 4.78 is 12.9. The molecule has 0 bridgehead atoms. The Kier molecular flexibility index (Phi) is 2.62. The summed E-state index contributed by atoms with van der Waals surface area (Å²) in [6.45, 7) is 0. The summed E-state index contributed by atoms with van der Waals surface area (Å²) in [7, 11) is 0. The number of carbonyl (C=O) groups is 1. The third-order valence-electron chi connectivity index (χ3n) is 3.80. The molecule has 2 N–H and O–H groups in total. The molecule has 1 aliphatic rings. The lowest BCUT2D eigenvalue weighted by atomic mass is 9.68. The Morgan fingerprint density at radius 1 is 1.32 bits per heavy atom. The van der Waals surface area contributed by atoms with Gasteiger partial charge in [0, 0.05) is 0 Å². The van der Waals surface area contributed by atoms with E-state index in [0.717, 1.165) is 12.0 Å². The molecule has 98 valence electrons. The van der Waals surface area contributed by atoms with E-state index in [2.05, 4.69) is 9.97 Å². The number of nitrogens with zero attached hydrogens (tertiary/aromatic N) is 1. The number of aromatic amines is 1. The normalized spacial score (nSPS) is 16.9. The average molecular weight is 260 g/mol. The zero-order chi connectivity index (χ0) is 13.5. The van der Waals surface area contributed by atoms with Gasteiger partial charge >= 0.3 is 5.97 Å². The topological polar surface area (TPSA) is 66.0 Å². The van der Waals surface area contributed by atoms with Crippen molar-refractivity contribution in [3.05, 3.63) is 42.1 Å². The number of aliphatic carboxylic acids is 1. The number of hydrogen-bond donors (Lipinski definition) is 2. The van der Waals surface area contributed by atoms with Crippen molar-refractivity contribution in [2.45, 2.75) is 24.7 Å². The first-order valence-electron chi connectivity index (χ1n) is 6.17. The minimum atomic E-state index is -0.863. The van der Waals surface area contributed by atoms with Crippen LogP contribution in [0.3, 0.4) is 0 Å². The lowest BCUT2D eigenvalue weighted by molar-refractivity contribution is -0.147. The van der Waals surface area contributed by atoms with E-state index in [9.17, 15) is 14.3 Å². The molecule has 1 heterocycles. The van der Waals surface area contributed by atoms with Crippen LogP contribution in [-0.4, -0.2) is 21.0 Å². The summed E-state index contributed by atoms with van der Waals surface area (Å²) >= 11 is 0. The molecule has 1 aliphatic carbocycles. The van der Waals surface area contributed by atoms with Crippen molar-refractivity contribution in [1.29, 1.82) is 0 Å². The van der Waals surface area contributed by atoms with Crippen molar-refractivity contribution in [2.75, 3.05) is 0 Å². The van der Waals surface area contributed by atoms with Gasteiger partial charge in [-0.15, -0.1) is 0 Å². The average Bonchev–Trinajstić information content (AvgIpc) is 2.77. The molecule has 0 radical (unpaired) electrons. The largest absolute Gasteiger partial charge is 0.480 e. The van der Waals surface area contributed by atoms with Crippen molar-refractivity contribution < 1.29 is 14.3 Å². The maximum Gasteiger partial charge on any atom is 0.317 e. The molecule has 0 aliphatic heterocycles. The van der Waals surface area contributed by atoms with Crippen LogP contribution in [0.25, 0.3) is 11.3 Å². The second-order valence-electron chi connectivity index (χ2n) is 4.89. The van der Waals surface area contributed by atoms with Crippen molar-refractivity contribution in [3.63, 3.8) is 0 Å². The summed E-state index contributed by atoms with van der Waals surface area (Å²) in [5.74, 6) is -0.645. The Balaban J connectivity index is 1.95. The number of carboxylic acid groups (broad SMARTS) is 1. The van der Waals surface area contributed by atoms with Crippen LogP contribution in [0.4, 0.5) is 4.39 Å². The van der Waals surface area contributed by atoms with E-state index in [-0.39, 0.29) is 5.82 Å². The highest BCUT2D eigenvalue weighted by molar-refractivity contribution is 5.81. The number of hydrogen-bond acceptors (Lipinski definition) is 2. The molecule has 5 heteroatoms. The van der Waals surface area contributed by atoms with E-state index in [4.69, 9.17) is 0 Å². The maximum atomic E-state index is 12.9. The number of halogens is 1. The van der Waals surface area contributed by atoms with Gasteiger partial charge in [0.2, 0.25) is 0 Å². The molecule has 1 saturated carbocycles. The van der Waals surface area contributed by atoms with Crippen LogP contribution in [0.1, 0.15) is 25.1 Å². The molecular weight excluding hydrogens is 247 g/mol. The minimum absolute atomic E-state index is 0.301. The zero-order valence-electron chi connectivity index (χ0n) is 10.2. The fourth-order valence-electron chi connectivity index (χ4n) is 2.42. The van der Waals surface area contributed by atoms with Gasteiger partial charge in [0.25, 0.3) is 0 Å². The van der Waals surface area contributed by atoms with Crippen LogP contribution in [0.2, 0.25) is 0 Å². The third-order valence-corrected chi connectivity index (χ3v) is 3.80. The SMILES string of the molecule is O=C(O)C1(c2ncc(-c3ccc(F)cc3)[nH]2)CCC1. The maximum absolute atomic E-state index is 12.9. The second kappa shape index (κ2) is 4.19. The highest BCUT2D eigenvalue weighted by Gasteiger charge is 2.48. The summed E-state index contributed by atoms with van der Waals surface area (Å²) in [4.78, 5) is 18.6. The first-order chi connectivity index (χ1) is 9.12.